The highest BCUT2D eigenvalue weighted by Crippen LogP contribution is 2.38. The molecule has 5 rings (SSSR count). The van der Waals surface area contributed by atoms with Crippen molar-refractivity contribution >= 4 is 5.82 Å². The lowest BCUT2D eigenvalue weighted by Crippen LogP contribution is -2.58. The van der Waals surface area contributed by atoms with E-state index in [1.165, 1.54) is 42.9 Å². The van der Waals surface area contributed by atoms with Crippen molar-refractivity contribution in [2.75, 3.05) is 25.0 Å². The summed E-state index contributed by atoms with van der Waals surface area (Å²) in [5.41, 5.74) is 2.38. The van der Waals surface area contributed by atoms with E-state index < -0.39 is 0 Å². The fourth-order valence-electron chi connectivity index (χ4n) is 3.95. The SMILES string of the molecule is CN(Cc1cn2c(n1)CCCC2)C1CN(c2ccc(C3CC3)nn2)C1. The van der Waals surface area contributed by atoms with Gasteiger partial charge in [0, 0.05) is 50.8 Å². The van der Waals surface area contributed by atoms with Crippen molar-refractivity contribution in [3.8, 4) is 0 Å². The lowest BCUT2D eigenvalue weighted by atomic mass is 10.1. The Bertz CT molecular complexity index is 718. The Morgan fingerprint density at radius 3 is 2.76 bits per heavy atom. The molecule has 6 heteroatoms. The summed E-state index contributed by atoms with van der Waals surface area (Å²) in [6, 6.07) is 4.87. The van der Waals surface area contributed by atoms with Gasteiger partial charge in [-0.15, -0.1) is 5.10 Å². The normalized spacial score (nSPS) is 20.6. The van der Waals surface area contributed by atoms with Gasteiger partial charge < -0.3 is 9.47 Å². The molecule has 0 radical (unpaired) electrons. The van der Waals surface area contributed by atoms with E-state index in [1.807, 2.05) is 0 Å². The molecule has 1 aliphatic carbocycles. The molecule has 0 spiro atoms. The van der Waals surface area contributed by atoms with Crippen LogP contribution in [0.4, 0.5) is 5.82 Å². The van der Waals surface area contributed by atoms with Crippen LogP contribution in [0.2, 0.25) is 0 Å². The molecule has 2 fully saturated rings. The van der Waals surface area contributed by atoms with Gasteiger partial charge in [-0.1, -0.05) is 0 Å². The van der Waals surface area contributed by atoms with E-state index in [4.69, 9.17) is 4.98 Å². The van der Waals surface area contributed by atoms with Crippen LogP contribution in [0.1, 0.15) is 48.8 Å². The van der Waals surface area contributed by atoms with E-state index >= 15 is 0 Å². The third-order valence-electron chi connectivity index (χ3n) is 5.85. The number of hydrogen-bond acceptors (Lipinski definition) is 5. The summed E-state index contributed by atoms with van der Waals surface area (Å²) in [6.45, 7) is 4.13. The third-order valence-corrected chi connectivity index (χ3v) is 5.85. The van der Waals surface area contributed by atoms with E-state index in [9.17, 15) is 0 Å². The van der Waals surface area contributed by atoms with E-state index in [2.05, 4.69) is 49.9 Å². The minimum absolute atomic E-state index is 0.573. The van der Waals surface area contributed by atoms with Crippen LogP contribution >= 0.6 is 0 Å². The van der Waals surface area contributed by atoms with E-state index in [0.717, 1.165) is 38.4 Å². The molecule has 4 heterocycles. The van der Waals surface area contributed by atoms with Crippen molar-refractivity contribution in [1.82, 2.24) is 24.6 Å². The van der Waals surface area contributed by atoms with Gasteiger partial charge in [0.2, 0.25) is 0 Å². The topological polar surface area (TPSA) is 50.1 Å². The summed E-state index contributed by atoms with van der Waals surface area (Å²) in [6.07, 6.45) is 8.52. The zero-order valence-corrected chi connectivity index (χ0v) is 14.9. The van der Waals surface area contributed by atoms with Gasteiger partial charge in [0.25, 0.3) is 0 Å². The highest BCUT2D eigenvalue weighted by molar-refractivity contribution is 5.42. The number of anilines is 1. The Morgan fingerprint density at radius 1 is 1.16 bits per heavy atom. The molecule has 0 atom stereocenters. The molecule has 2 aliphatic heterocycles. The molecule has 2 aromatic rings. The lowest BCUT2D eigenvalue weighted by molar-refractivity contribution is 0.194. The van der Waals surface area contributed by atoms with E-state index in [1.54, 1.807) is 0 Å². The number of fused-ring (bicyclic) bond motifs is 1. The first-order chi connectivity index (χ1) is 12.3. The number of aryl methyl sites for hydroxylation is 2. The molecule has 6 nitrogen and oxygen atoms in total. The van der Waals surface area contributed by atoms with Crippen LogP contribution in [0.5, 0.6) is 0 Å². The maximum atomic E-state index is 4.83. The average Bonchev–Trinajstić information content (AvgIpc) is 3.34. The number of imidazole rings is 1. The lowest BCUT2D eigenvalue weighted by Gasteiger charge is -2.44. The predicted molar refractivity (Wildman–Crippen MR) is 96.6 cm³/mol. The van der Waals surface area contributed by atoms with Gasteiger partial charge in [0.05, 0.1) is 11.4 Å². The third kappa shape index (κ3) is 3.03. The Balaban J connectivity index is 1.16. The van der Waals surface area contributed by atoms with Crippen LogP contribution in [0.15, 0.2) is 18.3 Å². The van der Waals surface area contributed by atoms with Crippen LogP contribution in [-0.2, 0) is 19.5 Å². The number of likely N-dealkylation sites (N-methyl/N-ethyl adjacent to an activating group) is 1. The van der Waals surface area contributed by atoms with Crippen LogP contribution in [-0.4, -0.2) is 50.8 Å². The molecule has 2 aromatic heterocycles. The molecule has 0 aromatic carbocycles. The summed E-state index contributed by atoms with van der Waals surface area (Å²) in [7, 11) is 2.21. The minimum atomic E-state index is 0.573. The summed E-state index contributed by atoms with van der Waals surface area (Å²) >= 11 is 0. The fraction of sp³-hybridized carbons (Fsp3) is 0.632. The quantitative estimate of drug-likeness (QED) is 0.837. The Hall–Kier alpha value is -1.95. The largest absolute Gasteiger partial charge is 0.352 e. The zero-order chi connectivity index (χ0) is 16.8. The molecular weight excluding hydrogens is 312 g/mol. The Kier molecular flexibility index (Phi) is 3.73. The molecule has 132 valence electrons. The highest BCUT2D eigenvalue weighted by Gasteiger charge is 2.32. The summed E-state index contributed by atoms with van der Waals surface area (Å²) in [5, 5.41) is 8.83. The van der Waals surface area contributed by atoms with E-state index in [-0.39, 0.29) is 0 Å². The van der Waals surface area contributed by atoms with Gasteiger partial charge in [-0.3, -0.25) is 4.90 Å². The van der Waals surface area contributed by atoms with Crippen molar-refractivity contribution in [1.29, 1.82) is 0 Å². The van der Waals surface area contributed by atoms with Gasteiger partial charge in [-0.05, 0) is 44.9 Å². The molecule has 1 saturated heterocycles. The number of aromatic nitrogens is 4. The molecule has 0 unspecified atom stereocenters. The highest BCUT2D eigenvalue weighted by atomic mass is 15.4. The van der Waals surface area contributed by atoms with Crippen LogP contribution in [0.25, 0.3) is 0 Å². The fourth-order valence-corrected chi connectivity index (χ4v) is 3.95. The summed E-state index contributed by atoms with van der Waals surface area (Å²) in [5.74, 6) is 2.97. The number of nitrogens with zero attached hydrogens (tertiary/aromatic N) is 6. The first kappa shape index (κ1) is 15.3. The summed E-state index contributed by atoms with van der Waals surface area (Å²) in [4.78, 5) is 9.58. The molecule has 3 aliphatic rings. The maximum absolute atomic E-state index is 4.83. The van der Waals surface area contributed by atoms with Crippen molar-refractivity contribution in [2.24, 2.45) is 0 Å². The predicted octanol–water partition coefficient (Wildman–Crippen LogP) is 2.21. The second kappa shape index (κ2) is 6.09. The molecule has 25 heavy (non-hydrogen) atoms. The van der Waals surface area contributed by atoms with Crippen molar-refractivity contribution in [3.05, 3.63) is 35.5 Å². The first-order valence-corrected chi connectivity index (χ1v) is 9.60. The molecule has 0 bridgehead atoms. The van der Waals surface area contributed by atoms with Gasteiger partial charge >= 0.3 is 0 Å². The first-order valence-electron chi connectivity index (χ1n) is 9.60. The van der Waals surface area contributed by atoms with Crippen molar-refractivity contribution in [2.45, 2.75) is 57.2 Å². The number of hydrogen-bond donors (Lipinski definition) is 0. The Morgan fingerprint density at radius 2 is 2.04 bits per heavy atom. The second-order valence-corrected chi connectivity index (χ2v) is 7.86. The smallest absolute Gasteiger partial charge is 0.151 e. The molecule has 0 amide bonds. The number of rotatable bonds is 5. The minimum Gasteiger partial charge on any atom is -0.352 e. The van der Waals surface area contributed by atoms with Crippen molar-refractivity contribution < 1.29 is 0 Å². The summed E-state index contributed by atoms with van der Waals surface area (Å²) < 4.78 is 2.34. The van der Waals surface area contributed by atoms with Gasteiger partial charge in [0.15, 0.2) is 5.82 Å². The molecule has 1 saturated carbocycles. The van der Waals surface area contributed by atoms with Gasteiger partial charge in [0.1, 0.15) is 5.82 Å². The average molecular weight is 338 g/mol. The molecule has 0 N–H and O–H groups in total. The van der Waals surface area contributed by atoms with Crippen LogP contribution in [0, 0.1) is 0 Å². The molecular formula is C19H26N6. The Labute approximate surface area is 148 Å². The maximum Gasteiger partial charge on any atom is 0.151 e. The van der Waals surface area contributed by atoms with Crippen LogP contribution in [0.3, 0.4) is 0 Å². The standard InChI is InChI=1S/C19H26N6/c1-23(10-15-11-24-9-3-2-4-18(24)20-15)16-12-25(13-16)19-8-7-17(21-22-19)14-5-6-14/h7-8,11,14,16H,2-6,9-10,12-13H2,1H3. The van der Waals surface area contributed by atoms with Crippen molar-refractivity contribution in [3.63, 3.8) is 0 Å². The zero-order valence-electron chi connectivity index (χ0n) is 14.9. The second-order valence-electron chi connectivity index (χ2n) is 7.86. The monoisotopic (exact) mass is 338 g/mol. The van der Waals surface area contributed by atoms with Gasteiger partial charge in [-0.25, -0.2) is 4.98 Å². The van der Waals surface area contributed by atoms with Crippen LogP contribution < -0.4 is 4.90 Å². The van der Waals surface area contributed by atoms with Gasteiger partial charge in [-0.2, -0.15) is 5.10 Å². The van der Waals surface area contributed by atoms with E-state index in [0.29, 0.717) is 12.0 Å².